The summed E-state index contributed by atoms with van der Waals surface area (Å²) < 4.78 is 5.92. The number of hydrogen-bond donors (Lipinski definition) is 0. The molecule has 2 nitrogen and oxygen atoms in total. The maximum atomic E-state index is 12.2. The van der Waals surface area contributed by atoms with Crippen molar-refractivity contribution in [2.24, 2.45) is 0 Å². The Kier molecular flexibility index (Phi) is 4.59. The molecule has 1 fully saturated rings. The van der Waals surface area contributed by atoms with E-state index in [1.165, 1.54) is 0 Å². The first kappa shape index (κ1) is 14.9. The Morgan fingerprint density at radius 2 is 1.77 bits per heavy atom. The lowest BCUT2D eigenvalue weighted by Gasteiger charge is -2.18. The van der Waals surface area contributed by atoms with Crippen molar-refractivity contribution in [2.75, 3.05) is 0 Å². The highest BCUT2D eigenvalue weighted by Crippen LogP contribution is 2.30. The first-order chi connectivity index (χ1) is 10.7. The van der Waals surface area contributed by atoms with Crippen LogP contribution in [0.5, 0.6) is 11.5 Å². The quantitative estimate of drug-likeness (QED) is 0.573. The van der Waals surface area contributed by atoms with Gasteiger partial charge in [0.25, 0.3) is 0 Å². The maximum absolute atomic E-state index is 12.2. The Balaban J connectivity index is 1.90. The number of Topliss-reactive ketones (excluding diaryl/α,β-unsaturated/α-hetero) is 1. The van der Waals surface area contributed by atoms with Crippen LogP contribution < -0.4 is 4.74 Å². The van der Waals surface area contributed by atoms with Gasteiger partial charge in [-0.2, -0.15) is 0 Å². The lowest BCUT2D eigenvalue weighted by Crippen LogP contribution is -2.21. The lowest BCUT2D eigenvalue weighted by molar-refractivity contribution is -0.116. The molecule has 0 spiro atoms. The topological polar surface area (TPSA) is 26.3 Å². The normalized spacial score (nSPS) is 20.1. The van der Waals surface area contributed by atoms with E-state index < -0.39 is 0 Å². The zero-order valence-corrected chi connectivity index (χ0v) is 12.9. The number of carbonyl (C=O) groups excluding carboxylic acids is 1. The minimum Gasteiger partial charge on any atom is -0.457 e. The summed E-state index contributed by atoms with van der Waals surface area (Å²) in [6.07, 6.45) is 4.41. The number of hydrogen-bond acceptors (Lipinski definition) is 2. The highest BCUT2D eigenvalue weighted by molar-refractivity contribution is 6.34. The van der Waals surface area contributed by atoms with Gasteiger partial charge in [0.1, 0.15) is 11.5 Å². The summed E-state index contributed by atoms with van der Waals surface area (Å²) >= 11 is 6.08. The van der Waals surface area contributed by atoms with Gasteiger partial charge in [0.15, 0.2) is 5.78 Å². The summed E-state index contributed by atoms with van der Waals surface area (Å²) in [6.45, 7) is 0. The van der Waals surface area contributed by atoms with Gasteiger partial charge in [-0.3, -0.25) is 4.79 Å². The number of alkyl halides is 1. The third-order valence-electron chi connectivity index (χ3n) is 3.72. The van der Waals surface area contributed by atoms with Crippen molar-refractivity contribution in [3.05, 3.63) is 65.7 Å². The molecule has 0 N–H and O–H groups in total. The minimum absolute atomic E-state index is 0.0439. The lowest BCUT2D eigenvalue weighted by atomic mass is 9.91. The van der Waals surface area contributed by atoms with E-state index in [1.807, 2.05) is 60.7 Å². The van der Waals surface area contributed by atoms with Crippen LogP contribution in [0.25, 0.3) is 6.08 Å². The molecule has 1 saturated carbocycles. The molecule has 1 atom stereocenters. The van der Waals surface area contributed by atoms with E-state index in [9.17, 15) is 4.79 Å². The van der Waals surface area contributed by atoms with E-state index in [0.29, 0.717) is 0 Å². The molecule has 0 aliphatic heterocycles. The van der Waals surface area contributed by atoms with Crippen LogP contribution in [0.15, 0.2) is 60.2 Å². The smallest absolute Gasteiger partial charge is 0.176 e. The number of allylic oxidation sites excluding steroid dienone is 1. The second kappa shape index (κ2) is 6.80. The fraction of sp³-hybridized carbons (Fsp3) is 0.211. The molecule has 0 heterocycles. The Hall–Kier alpha value is -2.06. The van der Waals surface area contributed by atoms with Crippen LogP contribution >= 0.6 is 11.6 Å². The molecular weight excluding hydrogens is 296 g/mol. The van der Waals surface area contributed by atoms with E-state index in [4.69, 9.17) is 16.3 Å². The molecule has 3 heteroatoms. The third-order valence-corrected chi connectivity index (χ3v) is 4.14. The number of halogens is 1. The second-order valence-corrected chi connectivity index (χ2v) is 5.87. The number of benzene rings is 2. The molecular formula is C19H17ClO2. The van der Waals surface area contributed by atoms with Crippen molar-refractivity contribution in [1.29, 1.82) is 0 Å². The van der Waals surface area contributed by atoms with E-state index in [1.54, 1.807) is 0 Å². The standard InChI is InChI=1S/C19H17ClO2/c20-17-11-6-8-15(19(17)21)13-14-7-4-5-12-18(14)22-16-9-2-1-3-10-16/h1-5,7,9-10,12-13,17H,6,8,11H2. The van der Waals surface area contributed by atoms with Gasteiger partial charge < -0.3 is 4.74 Å². The molecule has 1 aliphatic rings. The van der Waals surface area contributed by atoms with Gasteiger partial charge in [-0.1, -0.05) is 36.4 Å². The SMILES string of the molecule is O=C1C(=Cc2ccccc2Oc2ccccc2)CCCC1Cl. The van der Waals surface area contributed by atoms with Gasteiger partial charge in [0.2, 0.25) is 0 Å². The molecule has 0 bridgehead atoms. The molecule has 0 aromatic heterocycles. The molecule has 0 radical (unpaired) electrons. The molecule has 22 heavy (non-hydrogen) atoms. The van der Waals surface area contributed by atoms with Crippen LogP contribution in [-0.2, 0) is 4.79 Å². The molecule has 1 unspecified atom stereocenters. The Labute approximate surface area is 135 Å². The Bertz CT molecular complexity index is 692. The van der Waals surface area contributed by atoms with Crippen molar-refractivity contribution in [3.8, 4) is 11.5 Å². The Morgan fingerprint density at radius 3 is 2.59 bits per heavy atom. The van der Waals surface area contributed by atoms with Crippen LogP contribution in [0.1, 0.15) is 24.8 Å². The summed E-state index contributed by atoms with van der Waals surface area (Å²) in [7, 11) is 0. The summed E-state index contributed by atoms with van der Waals surface area (Å²) in [4.78, 5) is 12.2. The van der Waals surface area contributed by atoms with E-state index in [-0.39, 0.29) is 11.2 Å². The van der Waals surface area contributed by atoms with Crippen LogP contribution in [0, 0.1) is 0 Å². The van der Waals surface area contributed by atoms with Crippen LogP contribution in [0.3, 0.4) is 0 Å². The number of ether oxygens (including phenoxy) is 1. The van der Waals surface area contributed by atoms with Gasteiger partial charge in [0.05, 0.1) is 5.38 Å². The number of carbonyl (C=O) groups is 1. The van der Waals surface area contributed by atoms with Crippen molar-refractivity contribution < 1.29 is 9.53 Å². The van der Waals surface area contributed by atoms with E-state index >= 15 is 0 Å². The molecule has 0 amide bonds. The predicted molar refractivity (Wildman–Crippen MR) is 89.4 cm³/mol. The van der Waals surface area contributed by atoms with Crippen LogP contribution in [0.4, 0.5) is 0 Å². The van der Waals surface area contributed by atoms with Gasteiger partial charge in [-0.25, -0.2) is 0 Å². The second-order valence-electron chi connectivity index (χ2n) is 5.35. The first-order valence-electron chi connectivity index (χ1n) is 7.45. The van der Waals surface area contributed by atoms with E-state index in [0.717, 1.165) is 41.9 Å². The van der Waals surface area contributed by atoms with Crippen molar-refractivity contribution in [3.63, 3.8) is 0 Å². The number of para-hydroxylation sites is 2. The van der Waals surface area contributed by atoms with Gasteiger partial charge >= 0.3 is 0 Å². The molecule has 2 aromatic carbocycles. The third kappa shape index (κ3) is 3.40. The summed E-state index contributed by atoms with van der Waals surface area (Å²) in [5.74, 6) is 1.56. The highest BCUT2D eigenvalue weighted by atomic mass is 35.5. The monoisotopic (exact) mass is 312 g/mol. The fourth-order valence-corrected chi connectivity index (χ4v) is 2.86. The summed E-state index contributed by atoms with van der Waals surface area (Å²) in [6, 6.07) is 17.3. The summed E-state index contributed by atoms with van der Waals surface area (Å²) in [5.41, 5.74) is 1.69. The van der Waals surface area contributed by atoms with Crippen molar-refractivity contribution in [1.82, 2.24) is 0 Å². The molecule has 1 aliphatic carbocycles. The average molecular weight is 313 g/mol. The van der Waals surface area contributed by atoms with Gasteiger partial charge in [-0.15, -0.1) is 11.6 Å². The minimum atomic E-state index is -0.387. The van der Waals surface area contributed by atoms with Gasteiger partial charge in [0, 0.05) is 5.56 Å². The Morgan fingerprint density at radius 1 is 1.05 bits per heavy atom. The van der Waals surface area contributed by atoms with Crippen LogP contribution in [0.2, 0.25) is 0 Å². The molecule has 0 saturated heterocycles. The van der Waals surface area contributed by atoms with Crippen molar-refractivity contribution >= 4 is 23.5 Å². The average Bonchev–Trinajstić information content (AvgIpc) is 2.55. The zero-order valence-electron chi connectivity index (χ0n) is 12.2. The number of rotatable bonds is 3. The first-order valence-corrected chi connectivity index (χ1v) is 7.88. The molecule has 112 valence electrons. The number of ketones is 1. The highest BCUT2D eigenvalue weighted by Gasteiger charge is 2.24. The van der Waals surface area contributed by atoms with E-state index in [2.05, 4.69) is 0 Å². The summed E-state index contributed by atoms with van der Waals surface area (Å²) in [5, 5.41) is -0.387. The fourth-order valence-electron chi connectivity index (χ4n) is 2.57. The van der Waals surface area contributed by atoms with Gasteiger partial charge in [-0.05, 0) is 49.1 Å². The molecule has 2 aromatic rings. The maximum Gasteiger partial charge on any atom is 0.176 e. The van der Waals surface area contributed by atoms with Crippen LogP contribution in [-0.4, -0.2) is 11.2 Å². The predicted octanol–water partition coefficient (Wildman–Crippen LogP) is 5.22. The zero-order chi connectivity index (χ0) is 15.4. The molecule has 3 rings (SSSR count). The van der Waals surface area contributed by atoms with Crippen molar-refractivity contribution in [2.45, 2.75) is 24.6 Å². The largest absolute Gasteiger partial charge is 0.457 e.